The van der Waals surface area contributed by atoms with Crippen molar-refractivity contribution in [2.45, 2.75) is 19.3 Å². The average molecular weight is 336 g/mol. The summed E-state index contributed by atoms with van der Waals surface area (Å²) in [6, 6.07) is 15.1. The Bertz CT molecular complexity index is 839. The topological polar surface area (TPSA) is 81.8 Å². The summed E-state index contributed by atoms with van der Waals surface area (Å²) in [5.74, 6) is -0.631. The first-order valence-electron chi connectivity index (χ1n) is 7.92. The van der Waals surface area contributed by atoms with E-state index in [2.05, 4.69) is 5.16 Å². The number of carbonyl (C=O) groups excluding carboxylic acids is 1. The molecular formula is C19H16N2O4. The number of benzene rings is 2. The number of hydrogen-bond donors (Lipinski definition) is 0. The minimum Gasteiger partial charge on any atom is -0.313 e. The van der Waals surface area contributed by atoms with Gasteiger partial charge in [0.1, 0.15) is 0 Å². The standard InChI is InChI=1S/C19H16N2O4/c22-19(15-9-11-17(12-10-15)21(23)24)25-20-18-8-4-7-16(18)13-14-5-2-1-3-6-14/h1-3,5-6,9-13H,4,7-8H2/b16-13-,20-18-. The maximum atomic E-state index is 12.0. The summed E-state index contributed by atoms with van der Waals surface area (Å²) in [6.07, 6.45) is 4.66. The molecule has 3 rings (SSSR count). The molecule has 2 aromatic rings. The lowest BCUT2D eigenvalue weighted by Gasteiger charge is -2.02. The highest BCUT2D eigenvalue weighted by molar-refractivity contribution is 6.05. The molecule has 0 heterocycles. The predicted molar refractivity (Wildman–Crippen MR) is 94.2 cm³/mol. The molecule has 0 atom stereocenters. The molecule has 0 unspecified atom stereocenters. The van der Waals surface area contributed by atoms with E-state index >= 15 is 0 Å². The highest BCUT2D eigenvalue weighted by atomic mass is 16.7. The molecule has 1 aliphatic rings. The van der Waals surface area contributed by atoms with Crippen LogP contribution in [-0.2, 0) is 4.84 Å². The van der Waals surface area contributed by atoms with Gasteiger partial charge in [0.15, 0.2) is 0 Å². The van der Waals surface area contributed by atoms with Crippen LogP contribution in [-0.4, -0.2) is 16.6 Å². The molecule has 0 radical (unpaired) electrons. The molecule has 0 spiro atoms. The maximum Gasteiger partial charge on any atom is 0.365 e. The fourth-order valence-corrected chi connectivity index (χ4v) is 2.63. The van der Waals surface area contributed by atoms with E-state index in [0.29, 0.717) is 0 Å². The zero-order valence-corrected chi connectivity index (χ0v) is 13.4. The highest BCUT2D eigenvalue weighted by Gasteiger charge is 2.17. The summed E-state index contributed by atoms with van der Waals surface area (Å²) in [4.78, 5) is 27.2. The van der Waals surface area contributed by atoms with E-state index < -0.39 is 10.9 Å². The van der Waals surface area contributed by atoms with E-state index in [0.717, 1.165) is 36.1 Å². The van der Waals surface area contributed by atoms with Gasteiger partial charge in [0.05, 0.1) is 16.2 Å². The Kier molecular flexibility index (Phi) is 4.99. The number of nitro benzene ring substituents is 1. The van der Waals surface area contributed by atoms with Gasteiger partial charge in [-0.1, -0.05) is 35.5 Å². The van der Waals surface area contributed by atoms with E-state index in [-0.39, 0.29) is 11.3 Å². The lowest BCUT2D eigenvalue weighted by molar-refractivity contribution is -0.384. The van der Waals surface area contributed by atoms with Crippen LogP contribution < -0.4 is 0 Å². The molecule has 0 N–H and O–H groups in total. The van der Waals surface area contributed by atoms with E-state index in [1.807, 2.05) is 36.4 Å². The molecule has 126 valence electrons. The molecule has 0 bridgehead atoms. The van der Waals surface area contributed by atoms with Crippen LogP contribution in [0.5, 0.6) is 0 Å². The summed E-state index contributed by atoms with van der Waals surface area (Å²) >= 11 is 0. The van der Waals surface area contributed by atoms with Crippen molar-refractivity contribution in [3.05, 3.63) is 81.4 Å². The summed E-state index contributed by atoms with van der Waals surface area (Å²) in [7, 11) is 0. The van der Waals surface area contributed by atoms with Gasteiger partial charge in [-0.15, -0.1) is 0 Å². The van der Waals surface area contributed by atoms with Gasteiger partial charge in [0, 0.05) is 12.1 Å². The Morgan fingerprint density at radius 1 is 1.08 bits per heavy atom. The van der Waals surface area contributed by atoms with Crippen molar-refractivity contribution in [2.75, 3.05) is 0 Å². The zero-order valence-electron chi connectivity index (χ0n) is 13.4. The first-order chi connectivity index (χ1) is 12.1. The first kappa shape index (κ1) is 16.6. The monoisotopic (exact) mass is 336 g/mol. The number of hydrogen-bond acceptors (Lipinski definition) is 5. The Morgan fingerprint density at radius 2 is 1.80 bits per heavy atom. The van der Waals surface area contributed by atoms with Gasteiger partial charge in [-0.05, 0) is 48.6 Å². The summed E-state index contributed by atoms with van der Waals surface area (Å²) in [5, 5.41) is 14.6. The zero-order chi connectivity index (χ0) is 17.6. The number of rotatable bonds is 4. The third-order valence-electron chi connectivity index (χ3n) is 3.92. The maximum absolute atomic E-state index is 12.0. The van der Waals surface area contributed by atoms with Gasteiger partial charge in [0.25, 0.3) is 5.69 Å². The molecule has 0 aromatic heterocycles. The minimum absolute atomic E-state index is 0.0771. The van der Waals surface area contributed by atoms with Crippen LogP contribution in [0.2, 0.25) is 0 Å². The second kappa shape index (κ2) is 7.53. The van der Waals surface area contributed by atoms with Crippen molar-refractivity contribution in [1.82, 2.24) is 0 Å². The fourth-order valence-electron chi connectivity index (χ4n) is 2.63. The van der Waals surface area contributed by atoms with Crippen molar-refractivity contribution in [2.24, 2.45) is 5.16 Å². The number of oxime groups is 1. The third-order valence-corrected chi connectivity index (χ3v) is 3.92. The fraction of sp³-hybridized carbons (Fsp3) is 0.158. The molecule has 1 aliphatic carbocycles. The highest BCUT2D eigenvalue weighted by Crippen LogP contribution is 2.24. The molecule has 0 amide bonds. The van der Waals surface area contributed by atoms with Gasteiger partial charge >= 0.3 is 5.97 Å². The van der Waals surface area contributed by atoms with Crippen molar-refractivity contribution < 1.29 is 14.6 Å². The molecule has 0 saturated heterocycles. The smallest absolute Gasteiger partial charge is 0.313 e. The Labute approximate surface area is 144 Å². The van der Waals surface area contributed by atoms with Gasteiger partial charge in [0.2, 0.25) is 0 Å². The van der Waals surface area contributed by atoms with Crippen LogP contribution in [0.25, 0.3) is 6.08 Å². The van der Waals surface area contributed by atoms with E-state index in [1.54, 1.807) is 0 Å². The summed E-state index contributed by atoms with van der Waals surface area (Å²) in [5.41, 5.74) is 3.05. The molecule has 6 nitrogen and oxygen atoms in total. The second-order valence-electron chi connectivity index (χ2n) is 5.65. The molecule has 25 heavy (non-hydrogen) atoms. The molecule has 1 fully saturated rings. The van der Waals surface area contributed by atoms with Gasteiger partial charge < -0.3 is 4.84 Å². The Morgan fingerprint density at radius 3 is 2.48 bits per heavy atom. The number of nitro groups is 1. The normalized spacial score (nSPS) is 17.0. The van der Waals surface area contributed by atoms with E-state index in [9.17, 15) is 14.9 Å². The van der Waals surface area contributed by atoms with Crippen molar-refractivity contribution >= 4 is 23.4 Å². The molecule has 0 aliphatic heterocycles. The summed E-state index contributed by atoms with van der Waals surface area (Å²) < 4.78 is 0. The average Bonchev–Trinajstić information content (AvgIpc) is 3.07. The Balaban J connectivity index is 1.71. The van der Waals surface area contributed by atoms with Crippen molar-refractivity contribution in [3.63, 3.8) is 0 Å². The number of nitrogens with zero attached hydrogens (tertiary/aromatic N) is 2. The summed E-state index contributed by atoms with van der Waals surface area (Å²) in [6.45, 7) is 0. The van der Waals surface area contributed by atoms with Gasteiger partial charge in [-0.2, -0.15) is 0 Å². The van der Waals surface area contributed by atoms with E-state index in [4.69, 9.17) is 4.84 Å². The van der Waals surface area contributed by atoms with Crippen LogP contribution >= 0.6 is 0 Å². The lowest BCUT2D eigenvalue weighted by atomic mass is 10.1. The van der Waals surface area contributed by atoms with Crippen LogP contribution in [0.3, 0.4) is 0 Å². The van der Waals surface area contributed by atoms with Crippen LogP contribution in [0, 0.1) is 10.1 Å². The molecule has 6 heteroatoms. The lowest BCUT2D eigenvalue weighted by Crippen LogP contribution is -2.04. The SMILES string of the molecule is O=C(O/N=C1/CCC/C1=C/c1ccccc1)c1ccc([N+](=O)[O-])cc1. The molecular weight excluding hydrogens is 320 g/mol. The van der Waals surface area contributed by atoms with Crippen LogP contribution in [0.1, 0.15) is 35.2 Å². The van der Waals surface area contributed by atoms with Gasteiger partial charge in [-0.3, -0.25) is 10.1 Å². The number of non-ortho nitro benzene ring substituents is 1. The Hall–Kier alpha value is -3.28. The first-order valence-corrected chi connectivity index (χ1v) is 7.92. The number of allylic oxidation sites excluding steroid dienone is 1. The predicted octanol–water partition coefficient (Wildman–Crippen LogP) is 4.38. The van der Waals surface area contributed by atoms with Crippen molar-refractivity contribution in [3.8, 4) is 0 Å². The van der Waals surface area contributed by atoms with E-state index in [1.165, 1.54) is 24.3 Å². The van der Waals surface area contributed by atoms with Gasteiger partial charge in [-0.25, -0.2) is 4.79 Å². The second-order valence-corrected chi connectivity index (χ2v) is 5.65. The van der Waals surface area contributed by atoms with Crippen molar-refractivity contribution in [1.29, 1.82) is 0 Å². The van der Waals surface area contributed by atoms with Crippen LogP contribution in [0.4, 0.5) is 5.69 Å². The number of carbonyl (C=O) groups is 1. The quantitative estimate of drug-likeness (QED) is 0.471. The van der Waals surface area contributed by atoms with Crippen LogP contribution in [0.15, 0.2) is 65.3 Å². The molecule has 2 aromatic carbocycles. The molecule has 1 saturated carbocycles. The third kappa shape index (κ3) is 4.17. The minimum atomic E-state index is -0.631. The largest absolute Gasteiger partial charge is 0.365 e.